The van der Waals surface area contributed by atoms with Crippen molar-refractivity contribution >= 4 is 11.8 Å². The van der Waals surface area contributed by atoms with Gasteiger partial charge in [0.05, 0.1) is 6.61 Å². The van der Waals surface area contributed by atoms with Gasteiger partial charge in [-0.05, 0) is 45.4 Å². The van der Waals surface area contributed by atoms with E-state index in [2.05, 4.69) is 48.5 Å². The Balaban J connectivity index is 2.21. The van der Waals surface area contributed by atoms with E-state index in [0.717, 1.165) is 36.8 Å². The lowest BCUT2D eigenvalue weighted by molar-refractivity contribution is -0.293. The molecule has 0 saturated carbocycles. The molecule has 1 aliphatic rings. The van der Waals surface area contributed by atoms with E-state index in [9.17, 15) is 19.8 Å². The Hall–Kier alpha value is -2.58. The van der Waals surface area contributed by atoms with E-state index < -0.39 is 23.5 Å². The topological polar surface area (TPSA) is 102 Å². The molecule has 3 rings (SSSR count). The maximum Gasteiger partial charge on any atom is 0.347 e. The highest BCUT2D eigenvalue weighted by Gasteiger charge is 2.65. The number of rotatable bonds is 11. The number of hydrogen-bond donors (Lipinski definition) is 2. The number of ether oxygens (including phenoxy) is 3. The third-order valence-corrected chi connectivity index (χ3v) is 8.33. The van der Waals surface area contributed by atoms with Gasteiger partial charge in [-0.25, -0.2) is 4.79 Å². The molecule has 1 heterocycles. The minimum absolute atomic E-state index is 0.0747. The van der Waals surface area contributed by atoms with Crippen molar-refractivity contribution in [2.24, 2.45) is 5.92 Å². The fourth-order valence-corrected chi connectivity index (χ4v) is 5.31. The SMILES string of the molecule is CCCCC(CC)COC(=O)C(O)(C1OCC(=O)CO1)C(O)(c1ccc(C(C)(C)C)cc1)c1ccc(C(C)(C)C)cc1. The van der Waals surface area contributed by atoms with E-state index in [1.807, 2.05) is 31.2 Å². The maximum absolute atomic E-state index is 14.1. The van der Waals surface area contributed by atoms with Gasteiger partial charge in [0, 0.05) is 0 Å². The molecule has 7 heteroatoms. The standard InChI is InChI=1S/C35H50O7/c1-9-11-12-24(10-2)21-40-30(37)35(39,31-41-22-29(36)23-42-31)34(38,27-17-13-25(14-18-27)32(3,4)5)28-19-15-26(16-20-28)33(6,7)8/h13-20,24,31,38-39H,9-12,21-23H2,1-8H3. The molecule has 0 radical (unpaired) electrons. The monoisotopic (exact) mass is 582 g/mol. The van der Waals surface area contributed by atoms with Gasteiger partial charge < -0.3 is 24.4 Å². The number of benzene rings is 2. The van der Waals surface area contributed by atoms with Crippen LogP contribution in [-0.4, -0.2) is 53.7 Å². The number of hydrogen-bond acceptors (Lipinski definition) is 7. The second-order valence-electron chi connectivity index (χ2n) is 13.6. The first kappa shape index (κ1) is 33.9. The molecular formula is C35H50O7. The van der Waals surface area contributed by atoms with Gasteiger partial charge in [0.25, 0.3) is 5.60 Å². The van der Waals surface area contributed by atoms with Crippen molar-refractivity contribution in [2.45, 2.75) is 109 Å². The zero-order valence-electron chi connectivity index (χ0n) is 26.7. The highest BCUT2D eigenvalue weighted by Crippen LogP contribution is 2.45. The van der Waals surface area contributed by atoms with Crippen LogP contribution in [0.25, 0.3) is 0 Å². The van der Waals surface area contributed by atoms with Crippen molar-refractivity contribution in [3.05, 3.63) is 70.8 Å². The first-order valence-electron chi connectivity index (χ1n) is 15.2. The Labute approximate surface area is 251 Å². The molecule has 1 aliphatic heterocycles. The van der Waals surface area contributed by atoms with Crippen LogP contribution in [0.5, 0.6) is 0 Å². The summed E-state index contributed by atoms with van der Waals surface area (Å²) < 4.78 is 17.1. The molecule has 2 N–H and O–H groups in total. The first-order chi connectivity index (χ1) is 19.6. The smallest absolute Gasteiger partial charge is 0.347 e. The van der Waals surface area contributed by atoms with Crippen LogP contribution >= 0.6 is 0 Å². The van der Waals surface area contributed by atoms with Gasteiger partial charge in [-0.2, -0.15) is 0 Å². The lowest BCUT2D eigenvalue weighted by atomic mass is 9.70. The molecule has 2 aromatic carbocycles. The van der Waals surface area contributed by atoms with Crippen molar-refractivity contribution in [3.63, 3.8) is 0 Å². The van der Waals surface area contributed by atoms with Gasteiger partial charge in [-0.15, -0.1) is 0 Å². The molecule has 0 aromatic heterocycles. The summed E-state index contributed by atoms with van der Waals surface area (Å²) in [4.78, 5) is 26.1. The second-order valence-corrected chi connectivity index (χ2v) is 13.6. The van der Waals surface area contributed by atoms with Crippen molar-refractivity contribution in [2.75, 3.05) is 19.8 Å². The van der Waals surface area contributed by atoms with E-state index >= 15 is 0 Å². The van der Waals surface area contributed by atoms with Gasteiger partial charge in [-0.3, -0.25) is 4.79 Å². The lowest BCUT2D eigenvalue weighted by Crippen LogP contribution is -2.67. The highest BCUT2D eigenvalue weighted by molar-refractivity contribution is 5.85. The van der Waals surface area contributed by atoms with Gasteiger partial charge in [-0.1, -0.05) is 123 Å². The normalized spacial score (nSPS) is 17.5. The molecule has 0 bridgehead atoms. The third-order valence-electron chi connectivity index (χ3n) is 8.33. The van der Waals surface area contributed by atoms with Crippen LogP contribution in [0.2, 0.25) is 0 Å². The number of carbonyl (C=O) groups excluding carboxylic acids is 2. The van der Waals surface area contributed by atoms with Crippen LogP contribution in [0.15, 0.2) is 48.5 Å². The average Bonchev–Trinajstić information content (AvgIpc) is 2.95. The van der Waals surface area contributed by atoms with Crippen molar-refractivity contribution in [3.8, 4) is 0 Å². The van der Waals surface area contributed by atoms with Crippen molar-refractivity contribution < 1.29 is 34.0 Å². The Morgan fingerprint density at radius 2 is 1.26 bits per heavy atom. The minimum Gasteiger partial charge on any atom is -0.463 e. The molecule has 2 aromatic rings. The quantitative estimate of drug-likeness (QED) is 0.316. The van der Waals surface area contributed by atoms with Crippen LogP contribution in [0.1, 0.15) is 103 Å². The van der Waals surface area contributed by atoms with Crippen molar-refractivity contribution in [1.29, 1.82) is 0 Å². The van der Waals surface area contributed by atoms with Crippen LogP contribution in [0, 0.1) is 5.92 Å². The number of aliphatic hydroxyl groups is 2. The Bertz CT molecular complexity index is 1120. The molecule has 42 heavy (non-hydrogen) atoms. The molecule has 0 aliphatic carbocycles. The molecule has 1 saturated heterocycles. The molecule has 7 nitrogen and oxygen atoms in total. The number of ketones is 1. The van der Waals surface area contributed by atoms with Gasteiger partial charge in [0.2, 0.25) is 6.29 Å². The van der Waals surface area contributed by atoms with E-state index in [1.165, 1.54) is 0 Å². The molecule has 0 amide bonds. The summed E-state index contributed by atoms with van der Waals surface area (Å²) in [6.07, 6.45) is 2.01. The van der Waals surface area contributed by atoms with E-state index in [-0.39, 0.29) is 53.5 Å². The van der Waals surface area contributed by atoms with Crippen LogP contribution in [-0.2, 0) is 40.2 Å². The van der Waals surface area contributed by atoms with E-state index in [1.54, 1.807) is 24.3 Å². The zero-order chi connectivity index (χ0) is 31.3. The summed E-state index contributed by atoms with van der Waals surface area (Å²) in [5.41, 5.74) is -2.87. The van der Waals surface area contributed by atoms with Crippen LogP contribution in [0.4, 0.5) is 0 Å². The molecule has 2 atom stereocenters. The summed E-state index contributed by atoms with van der Waals surface area (Å²) >= 11 is 0. The number of esters is 1. The summed E-state index contributed by atoms with van der Waals surface area (Å²) in [5, 5.41) is 25.4. The molecular weight excluding hydrogens is 532 g/mol. The fourth-order valence-electron chi connectivity index (χ4n) is 5.31. The van der Waals surface area contributed by atoms with E-state index in [4.69, 9.17) is 14.2 Å². The lowest BCUT2D eigenvalue weighted by Gasteiger charge is -2.46. The highest BCUT2D eigenvalue weighted by atomic mass is 16.7. The number of carbonyl (C=O) groups is 2. The Morgan fingerprint density at radius 1 is 0.833 bits per heavy atom. The third kappa shape index (κ3) is 7.13. The largest absolute Gasteiger partial charge is 0.463 e. The summed E-state index contributed by atoms with van der Waals surface area (Å²) in [6, 6.07) is 14.3. The molecule has 1 fully saturated rings. The summed E-state index contributed by atoms with van der Waals surface area (Å²) in [6.45, 7) is 16.0. The van der Waals surface area contributed by atoms with Crippen LogP contribution in [0.3, 0.4) is 0 Å². The predicted octanol–water partition coefficient (Wildman–Crippen LogP) is 5.95. The Kier molecular flexibility index (Phi) is 10.8. The Morgan fingerprint density at radius 3 is 1.64 bits per heavy atom. The predicted molar refractivity (Wildman–Crippen MR) is 163 cm³/mol. The fraction of sp³-hybridized carbons (Fsp3) is 0.600. The number of unbranched alkanes of at least 4 members (excludes halogenated alkanes) is 1. The minimum atomic E-state index is -2.75. The molecule has 2 unspecified atom stereocenters. The molecule has 0 spiro atoms. The zero-order valence-corrected chi connectivity index (χ0v) is 26.7. The maximum atomic E-state index is 14.1. The second kappa shape index (κ2) is 13.4. The van der Waals surface area contributed by atoms with Crippen molar-refractivity contribution in [1.82, 2.24) is 0 Å². The van der Waals surface area contributed by atoms with Gasteiger partial charge in [0.15, 0.2) is 11.4 Å². The average molecular weight is 583 g/mol. The van der Waals surface area contributed by atoms with Gasteiger partial charge in [0.1, 0.15) is 13.2 Å². The summed E-state index contributed by atoms with van der Waals surface area (Å²) in [7, 11) is 0. The molecule has 232 valence electrons. The van der Waals surface area contributed by atoms with E-state index in [0.29, 0.717) is 0 Å². The first-order valence-corrected chi connectivity index (χ1v) is 15.2. The van der Waals surface area contributed by atoms with Gasteiger partial charge >= 0.3 is 5.97 Å². The number of Topliss-reactive ketones (excluding diaryl/α,β-unsaturated/α-hetero) is 1. The van der Waals surface area contributed by atoms with Crippen LogP contribution < -0.4 is 0 Å². The summed E-state index contributed by atoms with van der Waals surface area (Å²) in [5.74, 6) is -1.31.